The summed E-state index contributed by atoms with van der Waals surface area (Å²) in [6, 6.07) is 0.528. The van der Waals surface area contributed by atoms with Gasteiger partial charge in [-0.05, 0) is 39.1 Å². The molecule has 1 aliphatic heterocycles. The van der Waals surface area contributed by atoms with E-state index < -0.39 is 0 Å². The minimum atomic E-state index is 0.304. The van der Waals surface area contributed by atoms with Gasteiger partial charge in [-0.25, -0.2) is 0 Å². The number of hydrogen-bond donors (Lipinski definition) is 1. The number of likely N-dealkylation sites (tertiary alicyclic amines) is 1. The van der Waals surface area contributed by atoms with E-state index in [-0.39, 0.29) is 0 Å². The van der Waals surface area contributed by atoms with E-state index in [0.717, 1.165) is 0 Å². The van der Waals surface area contributed by atoms with Gasteiger partial charge in [-0.3, -0.25) is 4.90 Å². The van der Waals surface area contributed by atoms with E-state index in [1.165, 1.54) is 32.4 Å². The van der Waals surface area contributed by atoms with Crippen LogP contribution in [0.3, 0.4) is 0 Å². The van der Waals surface area contributed by atoms with Gasteiger partial charge in [-0.15, -0.1) is 0 Å². The molecule has 0 radical (unpaired) electrons. The highest BCUT2D eigenvalue weighted by Crippen LogP contribution is 2.19. The Kier molecular flexibility index (Phi) is 5.14. The molecule has 2 unspecified atom stereocenters. The van der Waals surface area contributed by atoms with Crippen LogP contribution in [0.5, 0.6) is 0 Å². The van der Waals surface area contributed by atoms with Crippen molar-refractivity contribution in [2.45, 2.75) is 37.5 Å². The predicted octanol–water partition coefficient (Wildman–Crippen LogP) is 1.58. The van der Waals surface area contributed by atoms with Gasteiger partial charge in [-0.1, -0.05) is 6.42 Å². The van der Waals surface area contributed by atoms with Crippen molar-refractivity contribution in [3.63, 3.8) is 0 Å². The largest absolute Gasteiger partial charge is 0.395 e. The zero-order valence-corrected chi connectivity index (χ0v) is 9.52. The van der Waals surface area contributed by atoms with Crippen LogP contribution in [0.15, 0.2) is 0 Å². The van der Waals surface area contributed by atoms with E-state index in [0.29, 0.717) is 17.9 Å². The second kappa shape index (κ2) is 5.89. The van der Waals surface area contributed by atoms with Crippen LogP contribution in [0.4, 0.5) is 0 Å². The molecule has 1 heterocycles. The number of aliphatic hydroxyl groups is 1. The molecule has 2 nitrogen and oxygen atoms in total. The fourth-order valence-corrected chi connectivity index (χ4v) is 2.70. The van der Waals surface area contributed by atoms with Gasteiger partial charge in [-0.2, -0.15) is 11.8 Å². The van der Waals surface area contributed by atoms with Gasteiger partial charge in [0.25, 0.3) is 0 Å². The molecule has 0 spiro atoms. The SMILES string of the molecule is CSC(CO)C(C)N1CCCCC1. The number of hydrogen-bond acceptors (Lipinski definition) is 3. The Labute approximate surface area is 85.7 Å². The van der Waals surface area contributed by atoms with E-state index in [2.05, 4.69) is 18.1 Å². The maximum Gasteiger partial charge on any atom is 0.0565 e. The Balaban J connectivity index is 2.38. The Morgan fingerprint density at radius 1 is 1.31 bits per heavy atom. The molecule has 0 bridgehead atoms. The standard InChI is InChI=1S/C10H21NOS/c1-9(10(8-12)13-2)11-6-4-3-5-7-11/h9-10,12H,3-8H2,1-2H3. The first-order valence-electron chi connectivity index (χ1n) is 5.17. The summed E-state index contributed by atoms with van der Waals surface area (Å²) in [5.41, 5.74) is 0. The molecule has 0 aromatic heterocycles. The molecule has 78 valence electrons. The lowest BCUT2D eigenvalue weighted by molar-refractivity contribution is 0.149. The molecule has 0 aromatic rings. The quantitative estimate of drug-likeness (QED) is 0.750. The van der Waals surface area contributed by atoms with Crippen molar-refractivity contribution in [2.24, 2.45) is 0 Å². The van der Waals surface area contributed by atoms with Crippen LogP contribution in [-0.2, 0) is 0 Å². The van der Waals surface area contributed by atoms with Crippen LogP contribution >= 0.6 is 11.8 Å². The molecular weight excluding hydrogens is 182 g/mol. The lowest BCUT2D eigenvalue weighted by atomic mass is 10.1. The van der Waals surface area contributed by atoms with Crippen molar-refractivity contribution in [2.75, 3.05) is 26.0 Å². The number of aliphatic hydroxyl groups excluding tert-OH is 1. The first-order valence-corrected chi connectivity index (χ1v) is 6.46. The Morgan fingerprint density at radius 2 is 1.92 bits per heavy atom. The molecule has 1 N–H and O–H groups in total. The second-order valence-electron chi connectivity index (χ2n) is 3.79. The van der Waals surface area contributed by atoms with Crippen LogP contribution < -0.4 is 0 Å². The molecule has 3 heteroatoms. The monoisotopic (exact) mass is 203 g/mol. The summed E-state index contributed by atoms with van der Waals surface area (Å²) in [6.45, 7) is 4.98. The summed E-state index contributed by atoms with van der Waals surface area (Å²) in [5, 5.41) is 9.57. The van der Waals surface area contributed by atoms with Gasteiger partial charge in [0.2, 0.25) is 0 Å². The van der Waals surface area contributed by atoms with Gasteiger partial charge in [0.15, 0.2) is 0 Å². The summed E-state index contributed by atoms with van der Waals surface area (Å²) in [6.07, 6.45) is 6.13. The van der Waals surface area contributed by atoms with Gasteiger partial charge in [0.1, 0.15) is 0 Å². The van der Waals surface area contributed by atoms with Crippen LogP contribution in [-0.4, -0.2) is 47.3 Å². The van der Waals surface area contributed by atoms with E-state index in [1.54, 1.807) is 11.8 Å². The fourth-order valence-electron chi connectivity index (χ4n) is 1.98. The third-order valence-electron chi connectivity index (χ3n) is 2.99. The van der Waals surface area contributed by atoms with Crippen LogP contribution in [0.2, 0.25) is 0 Å². The van der Waals surface area contributed by atoms with Crippen molar-refractivity contribution in [3.05, 3.63) is 0 Å². The summed E-state index contributed by atoms with van der Waals surface area (Å²) < 4.78 is 0. The second-order valence-corrected chi connectivity index (χ2v) is 4.87. The highest BCUT2D eigenvalue weighted by molar-refractivity contribution is 7.99. The smallest absolute Gasteiger partial charge is 0.0565 e. The highest BCUT2D eigenvalue weighted by Gasteiger charge is 2.23. The van der Waals surface area contributed by atoms with Crippen molar-refractivity contribution < 1.29 is 5.11 Å². The molecule has 1 fully saturated rings. The van der Waals surface area contributed by atoms with Gasteiger partial charge >= 0.3 is 0 Å². The first-order chi connectivity index (χ1) is 6.29. The maximum atomic E-state index is 9.18. The van der Waals surface area contributed by atoms with Crippen molar-refractivity contribution in [3.8, 4) is 0 Å². The Bertz CT molecular complexity index is 133. The predicted molar refractivity (Wildman–Crippen MR) is 59.3 cm³/mol. The van der Waals surface area contributed by atoms with Crippen molar-refractivity contribution in [1.82, 2.24) is 4.90 Å². The third-order valence-corrected chi connectivity index (χ3v) is 4.14. The highest BCUT2D eigenvalue weighted by atomic mass is 32.2. The number of rotatable bonds is 4. The average molecular weight is 203 g/mol. The number of nitrogens with zero attached hydrogens (tertiary/aromatic N) is 1. The third kappa shape index (κ3) is 3.15. The van der Waals surface area contributed by atoms with E-state index in [4.69, 9.17) is 0 Å². The molecule has 0 aromatic carbocycles. The van der Waals surface area contributed by atoms with Gasteiger partial charge in [0.05, 0.1) is 6.61 Å². The molecule has 1 saturated heterocycles. The van der Waals surface area contributed by atoms with Crippen molar-refractivity contribution in [1.29, 1.82) is 0 Å². The zero-order valence-electron chi connectivity index (χ0n) is 8.70. The number of thioether (sulfide) groups is 1. The van der Waals surface area contributed by atoms with Gasteiger partial charge < -0.3 is 5.11 Å². The Hall–Kier alpha value is 0.270. The molecule has 13 heavy (non-hydrogen) atoms. The van der Waals surface area contributed by atoms with E-state index in [9.17, 15) is 5.11 Å². The topological polar surface area (TPSA) is 23.5 Å². The van der Waals surface area contributed by atoms with Crippen LogP contribution in [0.1, 0.15) is 26.2 Å². The molecule has 2 atom stereocenters. The summed E-state index contributed by atoms with van der Waals surface area (Å²) in [7, 11) is 0. The van der Waals surface area contributed by atoms with Crippen LogP contribution in [0.25, 0.3) is 0 Å². The Morgan fingerprint density at radius 3 is 2.38 bits per heavy atom. The normalized spacial score (nSPS) is 24.2. The van der Waals surface area contributed by atoms with Crippen molar-refractivity contribution >= 4 is 11.8 Å². The minimum absolute atomic E-state index is 0.304. The number of piperidine rings is 1. The van der Waals surface area contributed by atoms with E-state index >= 15 is 0 Å². The lowest BCUT2D eigenvalue weighted by Gasteiger charge is -2.35. The van der Waals surface area contributed by atoms with Crippen LogP contribution in [0, 0.1) is 0 Å². The minimum Gasteiger partial charge on any atom is -0.395 e. The average Bonchev–Trinajstić information content (AvgIpc) is 2.21. The molecule has 0 amide bonds. The zero-order chi connectivity index (χ0) is 9.68. The maximum absolute atomic E-state index is 9.18. The molecule has 0 saturated carbocycles. The fraction of sp³-hybridized carbons (Fsp3) is 1.00. The first kappa shape index (κ1) is 11.3. The molecular formula is C10H21NOS. The van der Waals surface area contributed by atoms with Gasteiger partial charge in [0, 0.05) is 11.3 Å². The lowest BCUT2D eigenvalue weighted by Crippen LogP contribution is -2.44. The summed E-state index contributed by atoms with van der Waals surface area (Å²) in [5.74, 6) is 0. The van der Waals surface area contributed by atoms with E-state index in [1.807, 2.05) is 0 Å². The molecule has 1 aliphatic rings. The molecule has 0 aliphatic carbocycles. The summed E-state index contributed by atoms with van der Waals surface area (Å²) in [4.78, 5) is 2.51. The summed E-state index contributed by atoms with van der Waals surface area (Å²) >= 11 is 1.78. The molecule has 1 rings (SSSR count).